The molecule has 1 saturated heterocycles. The van der Waals surface area contributed by atoms with Gasteiger partial charge in [0, 0.05) is 44.4 Å². The number of nitrogens with one attached hydrogen (secondary N) is 1. The Labute approximate surface area is 167 Å². The summed E-state index contributed by atoms with van der Waals surface area (Å²) >= 11 is 6.28. The first kappa shape index (κ1) is 19.7. The van der Waals surface area contributed by atoms with Crippen LogP contribution in [0.4, 0.5) is 5.69 Å². The number of halogens is 1. The number of rotatable bonds is 6. The highest BCUT2D eigenvalue weighted by Gasteiger charge is 2.25. The number of amides is 1. The van der Waals surface area contributed by atoms with E-state index in [0.717, 1.165) is 54.3 Å². The van der Waals surface area contributed by atoms with E-state index in [9.17, 15) is 4.79 Å². The van der Waals surface area contributed by atoms with Gasteiger partial charge in [-0.05, 0) is 48.7 Å². The smallest absolute Gasteiger partial charge is 0.224 e. The van der Waals surface area contributed by atoms with E-state index in [1.165, 1.54) is 0 Å². The molecule has 144 valence electrons. The molecule has 1 amide bonds. The molecule has 2 aromatic rings. The van der Waals surface area contributed by atoms with E-state index in [4.69, 9.17) is 11.6 Å². The van der Waals surface area contributed by atoms with Crippen LogP contribution < -0.4 is 10.2 Å². The van der Waals surface area contributed by atoms with Crippen molar-refractivity contribution in [3.63, 3.8) is 0 Å². The number of likely N-dealkylation sites (tertiary alicyclic amines) is 1. The van der Waals surface area contributed by atoms with Crippen molar-refractivity contribution in [2.45, 2.75) is 25.9 Å². The molecule has 1 aliphatic rings. The molecular weight excluding hydrogens is 358 g/mol. The molecule has 2 aromatic carbocycles. The van der Waals surface area contributed by atoms with Gasteiger partial charge in [-0.1, -0.05) is 41.9 Å². The van der Waals surface area contributed by atoms with Crippen LogP contribution in [-0.2, 0) is 17.9 Å². The van der Waals surface area contributed by atoms with Gasteiger partial charge in [0.1, 0.15) is 0 Å². The van der Waals surface area contributed by atoms with Gasteiger partial charge in [-0.3, -0.25) is 9.69 Å². The molecule has 1 atom stereocenters. The molecule has 1 heterocycles. The Hall–Kier alpha value is -2.04. The maximum atomic E-state index is 12.6. The number of hydrogen-bond acceptors (Lipinski definition) is 3. The quantitative estimate of drug-likeness (QED) is 0.818. The molecule has 0 bridgehead atoms. The molecular formula is C22H28ClN3O. The molecule has 1 fully saturated rings. The molecule has 4 nitrogen and oxygen atoms in total. The van der Waals surface area contributed by atoms with Crippen LogP contribution in [-0.4, -0.2) is 38.0 Å². The average molecular weight is 386 g/mol. The van der Waals surface area contributed by atoms with Gasteiger partial charge in [-0.2, -0.15) is 0 Å². The van der Waals surface area contributed by atoms with Crippen LogP contribution in [0.1, 0.15) is 24.0 Å². The number of carbonyl (C=O) groups excluding carboxylic acids is 1. The van der Waals surface area contributed by atoms with Crippen LogP contribution in [0.5, 0.6) is 0 Å². The lowest BCUT2D eigenvalue weighted by molar-refractivity contribution is -0.126. The summed E-state index contributed by atoms with van der Waals surface area (Å²) in [5.74, 6) is 0.192. The molecule has 0 spiro atoms. The van der Waals surface area contributed by atoms with Crippen LogP contribution in [0.3, 0.4) is 0 Å². The predicted octanol–water partition coefficient (Wildman–Crippen LogP) is 3.93. The topological polar surface area (TPSA) is 35.6 Å². The lowest BCUT2D eigenvalue weighted by Gasteiger charge is -2.32. The zero-order valence-electron chi connectivity index (χ0n) is 16.1. The lowest BCUT2D eigenvalue weighted by Crippen LogP contribution is -2.42. The number of anilines is 1. The fourth-order valence-electron chi connectivity index (χ4n) is 3.53. The second-order valence-corrected chi connectivity index (χ2v) is 7.85. The molecule has 1 N–H and O–H groups in total. The normalized spacial score (nSPS) is 17.5. The molecule has 5 heteroatoms. The first-order chi connectivity index (χ1) is 13.0. The lowest BCUT2D eigenvalue weighted by atomic mass is 9.96. The van der Waals surface area contributed by atoms with E-state index in [1.54, 1.807) is 0 Å². The molecule has 0 aliphatic carbocycles. The van der Waals surface area contributed by atoms with Crippen molar-refractivity contribution in [2.75, 3.05) is 32.1 Å². The third kappa shape index (κ3) is 5.47. The van der Waals surface area contributed by atoms with Crippen molar-refractivity contribution in [1.29, 1.82) is 0 Å². The Bertz CT molecular complexity index is 760. The zero-order chi connectivity index (χ0) is 19.2. The minimum absolute atomic E-state index is 0.0438. The van der Waals surface area contributed by atoms with Crippen molar-refractivity contribution in [2.24, 2.45) is 5.92 Å². The Kier molecular flexibility index (Phi) is 6.75. The molecule has 1 aliphatic heterocycles. The van der Waals surface area contributed by atoms with Crippen LogP contribution in [0, 0.1) is 5.92 Å². The molecule has 27 heavy (non-hydrogen) atoms. The summed E-state index contributed by atoms with van der Waals surface area (Å²) in [6, 6.07) is 16.2. The summed E-state index contributed by atoms with van der Waals surface area (Å²) in [6.07, 6.45) is 1.99. The highest BCUT2D eigenvalue weighted by Crippen LogP contribution is 2.22. The van der Waals surface area contributed by atoms with Gasteiger partial charge in [0.2, 0.25) is 5.91 Å². The van der Waals surface area contributed by atoms with E-state index in [0.29, 0.717) is 6.54 Å². The highest BCUT2D eigenvalue weighted by molar-refractivity contribution is 6.31. The second kappa shape index (κ2) is 9.25. The third-order valence-corrected chi connectivity index (χ3v) is 5.52. The number of hydrogen-bond donors (Lipinski definition) is 1. The maximum absolute atomic E-state index is 12.6. The maximum Gasteiger partial charge on any atom is 0.224 e. The summed E-state index contributed by atoms with van der Waals surface area (Å²) in [7, 11) is 4.04. The van der Waals surface area contributed by atoms with Gasteiger partial charge in [0.15, 0.2) is 0 Å². The summed E-state index contributed by atoms with van der Waals surface area (Å²) in [5, 5.41) is 3.90. The molecule has 0 aromatic heterocycles. The van der Waals surface area contributed by atoms with Gasteiger partial charge < -0.3 is 10.2 Å². The van der Waals surface area contributed by atoms with Crippen molar-refractivity contribution >= 4 is 23.2 Å². The van der Waals surface area contributed by atoms with Gasteiger partial charge in [-0.15, -0.1) is 0 Å². The van der Waals surface area contributed by atoms with Gasteiger partial charge in [0.05, 0.1) is 5.92 Å². The summed E-state index contributed by atoms with van der Waals surface area (Å²) in [6.45, 7) is 3.18. The Morgan fingerprint density at radius 1 is 1.19 bits per heavy atom. The van der Waals surface area contributed by atoms with Crippen LogP contribution in [0.25, 0.3) is 0 Å². The summed E-state index contributed by atoms with van der Waals surface area (Å²) < 4.78 is 0. The van der Waals surface area contributed by atoms with Crippen LogP contribution >= 0.6 is 11.6 Å². The Morgan fingerprint density at radius 2 is 1.93 bits per heavy atom. The van der Waals surface area contributed by atoms with E-state index < -0.39 is 0 Å². The van der Waals surface area contributed by atoms with Crippen molar-refractivity contribution < 1.29 is 4.79 Å². The second-order valence-electron chi connectivity index (χ2n) is 7.44. The third-order valence-electron chi connectivity index (χ3n) is 5.15. The monoisotopic (exact) mass is 385 g/mol. The first-order valence-corrected chi connectivity index (χ1v) is 9.90. The van der Waals surface area contributed by atoms with Crippen molar-refractivity contribution in [3.05, 3.63) is 64.7 Å². The van der Waals surface area contributed by atoms with Crippen molar-refractivity contribution in [3.8, 4) is 0 Å². The number of piperidine rings is 1. The highest BCUT2D eigenvalue weighted by atomic mass is 35.5. The zero-order valence-corrected chi connectivity index (χ0v) is 16.9. The van der Waals surface area contributed by atoms with Crippen LogP contribution in [0.15, 0.2) is 48.5 Å². The fourth-order valence-corrected chi connectivity index (χ4v) is 3.72. The Morgan fingerprint density at radius 3 is 2.63 bits per heavy atom. The molecule has 0 saturated carbocycles. The van der Waals surface area contributed by atoms with E-state index in [2.05, 4.69) is 45.4 Å². The average Bonchev–Trinajstić information content (AvgIpc) is 2.68. The van der Waals surface area contributed by atoms with Crippen molar-refractivity contribution in [1.82, 2.24) is 10.2 Å². The summed E-state index contributed by atoms with van der Waals surface area (Å²) in [5.41, 5.74) is 3.41. The Balaban J connectivity index is 1.51. The fraction of sp³-hybridized carbons (Fsp3) is 0.409. The standard InChI is InChI=1S/C22H28ClN3O/c1-25(2)20-11-9-17(10-12-20)14-24-22(27)19-7-5-13-26(16-19)15-18-6-3-4-8-21(18)23/h3-4,6,8-12,19H,5,7,13-16H2,1-2H3,(H,24,27). The first-order valence-electron chi connectivity index (χ1n) is 9.52. The van der Waals surface area contributed by atoms with E-state index >= 15 is 0 Å². The van der Waals surface area contributed by atoms with Crippen LogP contribution in [0.2, 0.25) is 5.02 Å². The molecule has 3 rings (SSSR count). The SMILES string of the molecule is CN(C)c1ccc(CNC(=O)C2CCCN(Cc3ccccc3Cl)C2)cc1. The molecule has 0 radical (unpaired) electrons. The number of nitrogens with zero attached hydrogens (tertiary/aromatic N) is 2. The molecule has 1 unspecified atom stereocenters. The number of benzene rings is 2. The minimum Gasteiger partial charge on any atom is -0.378 e. The van der Waals surface area contributed by atoms with E-state index in [1.807, 2.05) is 32.3 Å². The van der Waals surface area contributed by atoms with Gasteiger partial charge in [-0.25, -0.2) is 0 Å². The summed E-state index contributed by atoms with van der Waals surface area (Å²) in [4.78, 5) is 17.0. The van der Waals surface area contributed by atoms with Gasteiger partial charge >= 0.3 is 0 Å². The largest absolute Gasteiger partial charge is 0.378 e. The minimum atomic E-state index is 0.0438. The predicted molar refractivity (Wildman–Crippen MR) is 112 cm³/mol. The van der Waals surface area contributed by atoms with Gasteiger partial charge in [0.25, 0.3) is 0 Å². The number of carbonyl (C=O) groups is 1. The van der Waals surface area contributed by atoms with E-state index in [-0.39, 0.29) is 11.8 Å².